The van der Waals surface area contributed by atoms with Crippen LogP contribution in [-0.2, 0) is 13.5 Å². The molecule has 0 unspecified atom stereocenters. The van der Waals surface area contributed by atoms with Gasteiger partial charge in [0.05, 0.1) is 11.3 Å². The molecule has 112 valence electrons. The van der Waals surface area contributed by atoms with Crippen molar-refractivity contribution in [1.82, 2.24) is 14.8 Å². The predicted octanol–water partition coefficient (Wildman–Crippen LogP) is 2.00. The van der Waals surface area contributed by atoms with Crippen LogP contribution in [0, 0.1) is 6.92 Å². The Balaban J connectivity index is 2.22. The van der Waals surface area contributed by atoms with Crippen molar-refractivity contribution >= 4 is 17.5 Å². The molecule has 2 rings (SSSR count). The van der Waals surface area contributed by atoms with E-state index in [1.54, 1.807) is 16.9 Å². The molecular weight excluding hydrogens is 266 g/mol. The van der Waals surface area contributed by atoms with Gasteiger partial charge >= 0.3 is 0 Å². The van der Waals surface area contributed by atoms with Gasteiger partial charge in [0.15, 0.2) is 0 Å². The Morgan fingerprint density at radius 3 is 2.62 bits per heavy atom. The zero-order valence-corrected chi connectivity index (χ0v) is 13.1. The third kappa shape index (κ3) is 3.04. The van der Waals surface area contributed by atoms with Gasteiger partial charge in [-0.3, -0.25) is 9.48 Å². The van der Waals surface area contributed by atoms with Gasteiger partial charge in [-0.2, -0.15) is 5.10 Å². The molecule has 0 aromatic carbocycles. The highest BCUT2D eigenvalue weighted by Crippen LogP contribution is 2.20. The van der Waals surface area contributed by atoms with Crippen molar-refractivity contribution in [1.29, 1.82) is 0 Å². The van der Waals surface area contributed by atoms with Gasteiger partial charge in [0, 0.05) is 32.9 Å². The van der Waals surface area contributed by atoms with E-state index >= 15 is 0 Å². The molecular formula is C15H21N5O. The molecule has 2 aromatic rings. The first-order valence-electron chi connectivity index (χ1n) is 6.91. The molecule has 0 aliphatic rings. The Bertz CT molecular complexity index is 643. The maximum absolute atomic E-state index is 12.3. The van der Waals surface area contributed by atoms with Crippen molar-refractivity contribution in [2.75, 3.05) is 24.3 Å². The highest BCUT2D eigenvalue weighted by Gasteiger charge is 2.15. The molecule has 2 heterocycles. The normalized spacial score (nSPS) is 10.5. The number of aromatic nitrogens is 3. The van der Waals surface area contributed by atoms with E-state index in [2.05, 4.69) is 15.4 Å². The van der Waals surface area contributed by atoms with Crippen LogP contribution in [0.2, 0.25) is 0 Å². The van der Waals surface area contributed by atoms with E-state index in [-0.39, 0.29) is 5.91 Å². The van der Waals surface area contributed by atoms with Gasteiger partial charge in [0.2, 0.25) is 0 Å². The van der Waals surface area contributed by atoms with Crippen molar-refractivity contribution < 1.29 is 4.79 Å². The van der Waals surface area contributed by atoms with Gasteiger partial charge in [-0.05, 0) is 25.5 Å². The number of carbonyl (C=O) groups excluding carboxylic acids is 1. The van der Waals surface area contributed by atoms with Gasteiger partial charge in [-0.1, -0.05) is 6.92 Å². The first kappa shape index (κ1) is 15.0. The van der Waals surface area contributed by atoms with Crippen molar-refractivity contribution in [3.05, 3.63) is 35.2 Å². The summed E-state index contributed by atoms with van der Waals surface area (Å²) in [5, 5.41) is 7.27. The zero-order chi connectivity index (χ0) is 15.6. The summed E-state index contributed by atoms with van der Waals surface area (Å²) in [6.45, 7) is 4.00. The Hall–Kier alpha value is -2.37. The number of nitrogens with zero attached hydrogens (tertiary/aromatic N) is 4. The minimum absolute atomic E-state index is 0.175. The fourth-order valence-corrected chi connectivity index (χ4v) is 2.25. The molecule has 1 N–H and O–H groups in total. The Morgan fingerprint density at radius 1 is 1.38 bits per heavy atom. The van der Waals surface area contributed by atoms with Crippen LogP contribution in [0.5, 0.6) is 0 Å². The smallest absolute Gasteiger partial charge is 0.258 e. The maximum Gasteiger partial charge on any atom is 0.258 e. The number of aryl methyl sites for hydroxylation is 2. The van der Waals surface area contributed by atoms with Crippen molar-refractivity contribution in [3.63, 3.8) is 0 Å². The summed E-state index contributed by atoms with van der Waals surface area (Å²) < 4.78 is 1.70. The van der Waals surface area contributed by atoms with Crippen molar-refractivity contribution in [3.8, 4) is 0 Å². The Morgan fingerprint density at radius 2 is 2.10 bits per heavy atom. The summed E-state index contributed by atoms with van der Waals surface area (Å²) in [6.07, 6.45) is 2.41. The predicted molar refractivity (Wildman–Crippen MR) is 83.8 cm³/mol. The number of rotatable bonds is 4. The highest BCUT2D eigenvalue weighted by molar-refractivity contribution is 6.04. The van der Waals surface area contributed by atoms with E-state index in [4.69, 9.17) is 0 Å². The van der Waals surface area contributed by atoms with Crippen LogP contribution in [0.4, 0.5) is 11.6 Å². The molecule has 0 saturated heterocycles. The first-order chi connectivity index (χ1) is 9.93. The number of pyridine rings is 1. The van der Waals surface area contributed by atoms with Crippen LogP contribution in [-0.4, -0.2) is 34.8 Å². The lowest BCUT2D eigenvalue weighted by Gasteiger charge is -2.11. The third-order valence-corrected chi connectivity index (χ3v) is 3.40. The number of carbonyl (C=O) groups is 1. The molecule has 21 heavy (non-hydrogen) atoms. The fourth-order valence-electron chi connectivity index (χ4n) is 2.25. The number of hydrogen-bond donors (Lipinski definition) is 1. The second kappa shape index (κ2) is 5.95. The summed E-state index contributed by atoms with van der Waals surface area (Å²) in [7, 11) is 5.65. The Labute approximate surface area is 124 Å². The summed E-state index contributed by atoms with van der Waals surface area (Å²) in [4.78, 5) is 18.5. The van der Waals surface area contributed by atoms with Crippen LogP contribution in [0.1, 0.15) is 28.5 Å². The van der Waals surface area contributed by atoms with Gasteiger partial charge in [0.1, 0.15) is 11.6 Å². The number of amides is 1. The van der Waals surface area contributed by atoms with E-state index in [9.17, 15) is 4.79 Å². The van der Waals surface area contributed by atoms with E-state index in [1.807, 2.05) is 46.0 Å². The molecule has 6 heteroatoms. The fraction of sp³-hybridized carbons (Fsp3) is 0.400. The highest BCUT2D eigenvalue weighted by atomic mass is 16.1. The minimum Gasteiger partial charge on any atom is -0.363 e. The van der Waals surface area contributed by atoms with E-state index < -0.39 is 0 Å². The molecule has 0 aliphatic heterocycles. The molecule has 0 spiro atoms. The summed E-state index contributed by atoms with van der Waals surface area (Å²) in [6, 6.07) is 3.59. The van der Waals surface area contributed by atoms with Crippen LogP contribution in [0.3, 0.4) is 0 Å². The molecule has 0 saturated carbocycles. The molecule has 0 atom stereocenters. The molecule has 6 nitrogen and oxygen atoms in total. The van der Waals surface area contributed by atoms with Crippen LogP contribution < -0.4 is 10.2 Å². The number of nitrogens with one attached hydrogen (secondary N) is 1. The summed E-state index contributed by atoms with van der Waals surface area (Å²) >= 11 is 0. The largest absolute Gasteiger partial charge is 0.363 e. The molecule has 2 aromatic heterocycles. The van der Waals surface area contributed by atoms with E-state index in [0.29, 0.717) is 5.56 Å². The van der Waals surface area contributed by atoms with Gasteiger partial charge < -0.3 is 10.2 Å². The lowest BCUT2D eigenvalue weighted by Crippen LogP contribution is -2.17. The van der Waals surface area contributed by atoms with Gasteiger partial charge in [0.25, 0.3) is 5.91 Å². The monoisotopic (exact) mass is 287 g/mol. The average molecular weight is 287 g/mol. The van der Waals surface area contributed by atoms with Crippen LogP contribution >= 0.6 is 0 Å². The first-order valence-corrected chi connectivity index (χ1v) is 6.91. The molecule has 0 fully saturated rings. The number of hydrogen-bond acceptors (Lipinski definition) is 4. The standard InChI is InChI=1S/C15H21N5O/c1-6-12-10(2)18-20(5)14(12)17-15(21)11-7-8-13(16-9-11)19(3)4/h7-9H,6H2,1-5H3,(H,17,21). The van der Waals surface area contributed by atoms with Crippen molar-refractivity contribution in [2.45, 2.75) is 20.3 Å². The third-order valence-electron chi connectivity index (χ3n) is 3.40. The Kier molecular flexibility index (Phi) is 4.26. The average Bonchev–Trinajstić information content (AvgIpc) is 2.72. The second-order valence-electron chi connectivity index (χ2n) is 5.14. The van der Waals surface area contributed by atoms with Crippen molar-refractivity contribution in [2.24, 2.45) is 7.05 Å². The number of anilines is 2. The second-order valence-corrected chi connectivity index (χ2v) is 5.14. The molecule has 0 bridgehead atoms. The maximum atomic E-state index is 12.3. The van der Waals surface area contributed by atoms with E-state index in [1.165, 1.54) is 0 Å². The van der Waals surface area contributed by atoms with Crippen LogP contribution in [0.25, 0.3) is 0 Å². The minimum atomic E-state index is -0.175. The zero-order valence-electron chi connectivity index (χ0n) is 13.1. The van der Waals surface area contributed by atoms with Crippen LogP contribution in [0.15, 0.2) is 18.3 Å². The summed E-state index contributed by atoms with van der Waals surface area (Å²) in [5.41, 5.74) is 2.53. The molecule has 0 radical (unpaired) electrons. The summed E-state index contributed by atoms with van der Waals surface area (Å²) in [5.74, 6) is 1.39. The lowest BCUT2D eigenvalue weighted by molar-refractivity contribution is 0.102. The topological polar surface area (TPSA) is 63.1 Å². The SMILES string of the molecule is CCc1c(C)nn(C)c1NC(=O)c1ccc(N(C)C)nc1. The molecule has 1 amide bonds. The quantitative estimate of drug-likeness (QED) is 0.934. The molecule has 0 aliphatic carbocycles. The van der Waals surface area contributed by atoms with E-state index in [0.717, 1.165) is 29.3 Å². The van der Waals surface area contributed by atoms with Gasteiger partial charge in [-0.15, -0.1) is 0 Å². The lowest BCUT2D eigenvalue weighted by atomic mass is 10.2. The van der Waals surface area contributed by atoms with Gasteiger partial charge in [-0.25, -0.2) is 4.98 Å².